The Morgan fingerprint density at radius 2 is 2.06 bits per heavy atom. The molecule has 2 atom stereocenters. The molecule has 2 unspecified atom stereocenters. The third-order valence-electron chi connectivity index (χ3n) is 2.46. The highest BCUT2D eigenvalue weighted by Crippen LogP contribution is 2.19. The van der Waals surface area contributed by atoms with Crippen LogP contribution in [0.5, 0.6) is 0 Å². The molecule has 0 aliphatic rings. The predicted octanol–water partition coefficient (Wildman–Crippen LogP) is 0.183. The summed E-state index contributed by atoms with van der Waals surface area (Å²) in [6, 6.07) is 7.41. The molecule has 0 aliphatic carbocycles. The van der Waals surface area contributed by atoms with Gasteiger partial charge in [-0.1, -0.05) is 24.3 Å². The fraction of sp³-hybridized carbons (Fsp3) is 0.500. The van der Waals surface area contributed by atoms with Crippen LogP contribution >= 0.6 is 0 Å². The van der Waals surface area contributed by atoms with Gasteiger partial charge in [-0.15, -0.1) is 0 Å². The lowest BCUT2D eigenvalue weighted by Crippen LogP contribution is -2.19. The Labute approximate surface area is 95.6 Å². The molecular weight excluding hydrogens is 206 g/mol. The molecule has 1 aromatic carbocycles. The minimum Gasteiger partial charge on any atom is -0.396 e. The van der Waals surface area contributed by atoms with Gasteiger partial charge in [0.25, 0.3) is 0 Å². The molecule has 0 spiro atoms. The standard InChI is InChI=1S/C12H19NO3/c1-13-8-9-3-2-4-10(7-9)12(16)11(15)5-6-14/h2-4,7,11-16H,5-6,8H2,1H3. The largest absolute Gasteiger partial charge is 0.396 e. The summed E-state index contributed by atoms with van der Waals surface area (Å²) < 4.78 is 0. The van der Waals surface area contributed by atoms with Crippen LogP contribution in [0.3, 0.4) is 0 Å². The first-order valence-electron chi connectivity index (χ1n) is 5.39. The van der Waals surface area contributed by atoms with E-state index < -0.39 is 12.2 Å². The summed E-state index contributed by atoms with van der Waals surface area (Å²) in [5.74, 6) is 0. The van der Waals surface area contributed by atoms with Crippen molar-refractivity contribution in [3.63, 3.8) is 0 Å². The van der Waals surface area contributed by atoms with Gasteiger partial charge in [0.2, 0.25) is 0 Å². The van der Waals surface area contributed by atoms with E-state index in [1.54, 1.807) is 6.07 Å². The van der Waals surface area contributed by atoms with Crippen LogP contribution < -0.4 is 5.32 Å². The zero-order valence-electron chi connectivity index (χ0n) is 9.43. The molecule has 0 amide bonds. The van der Waals surface area contributed by atoms with Crippen LogP contribution in [0.4, 0.5) is 0 Å². The fourth-order valence-electron chi connectivity index (χ4n) is 1.60. The molecule has 0 heterocycles. The van der Waals surface area contributed by atoms with Crippen LogP contribution in [0.1, 0.15) is 23.7 Å². The van der Waals surface area contributed by atoms with Crippen molar-refractivity contribution in [2.24, 2.45) is 0 Å². The molecule has 0 saturated heterocycles. The molecule has 4 nitrogen and oxygen atoms in total. The van der Waals surface area contributed by atoms with Gasteiger partial charge in [-0.2, -0.15) is 0 Å². The molecule has 1 rings (SSSR count). The Morgan fingerprint density at radius 3 is 2.69 bits per heavy atom. The number of aliphatic hydroxyl groups excluding tert-OH is 3. The van der Waals surface area contributed by atoms with Crippen LogP contribution in [-0.4, -0.2) is 35.1 Å². The maximum Gasteiger partial charge on any atom is 0.105 e. The Kier molecular flexibility index (Phi) is 5.42. The monoisotopic (exact) mass is 225 g/mol. The number of benzene rings is 1. The van der Waals surface area contributed by atoms with Crippen LogP contribution in [0.15, 0.2) is 24.3 Å². The third-order valence-corrected chi connectivity index (χ3v) is 2.46. The summed E-state index contributed by atoms with van der Waals surface area (Å²) in [7, 11) is 1.85. The predicted molar refractivity (Wildman–Crippen MR) is 61.9 cm³/mol. The van der Waals surface area contributed by atoms with Crippen molar-refractivity contribution in [3.05, 3.63) is 35.4 Å². The maximum atomic E-state index is 9.83. The summed E-state index contributed by atoms with van der Waals surface area (Å²) in [6.07, 6.45) is -1.68. The van der Waals surface area contributed by atoms with E-state index in [0.717, 1.165) is 12.1 Å². The van der Waals surface area contributed by atoms with E-state index >= 15 is 0 Å². The van der Waals surface area contributed by atoms with E-state index in [9.17, 15) is 10.2 Å². The molecular formula is C12H19NO3. The Hall–Kier alpha value is -0.940. The van der Waals surface area contributed by atoms with Gasteiger partial charge in [0.05, 0.1) is 6.10 Å². The van der Waals surface area contributed by atoms with Gasteiger partial charge in [0.1, 0.15) is 6.10 Å². The first kappa shape index (κ1) is 13.1. The quantitative estimate of drug-likeness (QED) is 0.557. The van der Waals surface area contributed by atoms with E-state index in [4.69, 9.17) is 5.11 Å². The lowest BCUT2D eigenvalue weighted by atomic mass is 10.0. The van der Waals surface area contributed by atoms with Gasteiger partial charge in [0, 0.05) is 13.2 Å². The smallest absolute Gasteiger partial charge is 0.105 e. The third kappa shape index (κ3) is 3.57. The number of aliphatic hydroxyl groups is 3. The first-order chi connectivity index (χ1) is 7.69. The van der Waals surface area contributed by atoms with E-state index in [1.165, 1.54) is 0 Å². The van der Waals surface area contributed by atoms with Crippen molar-refractivity contribution in [2.45, 2.75) is 25.2 Å². The van der Waals surface area contributed by atoms with E-state index in [-0.39, 0.29) is 13.0 Å². The molecule has 0 radical (unpaired) electrons. The van der Waals surface area contributed by atoms with Crippen molar-refractivity contribution < 1.29 is 15.3 Å². The van der Waals surface area contributed by atoms with Crippen LogP contribution in [-0.2, 0) is 6.54 Å². The Morgan fingerprint density at radius 1 is 1.31 bits per heavy atom. The summed E-state index contributed by atoms with van der Waals surface area (Å²) in [4.78, 5) is 0. The van der Waals surface area contributed by atoms with E-state index in [1.807, 2.05) is 25.2 Å². The average molecular weight is 225 g/mol. The zero-order chi connectivity index (χ0) is 12.0. The second kappa shape index (κ2) is 6.60. The molecule has 4 heteroatoms. The highest BCUT2D eigenvalue weighted by molar-refractivity contribution is 5.25. The summed E-state index contributed by atoms with van der Waals surface area (Å²) in [5.41, 5.74) is 1.73. The normalized spacial score (nSPS) is 14.8. The number of hydrogen-bond donors (Lipinski definition) is 4. The highest BCUT2D eigenvalue weighted by atomic mass is 16.3. The first-order valence-corrected chi connectivity index (χ1v) is 5.39. The zero-order valence-corrected chi connectivity index (χ0v) is 9.43. The molecule has 0 bridgehead atoms. The lowest BCUT2D eigenvalue weighted by molar-refractivity contribution is 0.00418. The van der Waals surface area contributed by atoms with Gasteiger partial charge in [-0.3, -0.25) is 0 Å². The maximum absolute atomic E-state index is 9.83. The van der Waals surface area contributed by atoms with Crippen molar-refractivity contribution in [1.82, 2.24) is 5.32 Å². The fourth-order valence-corrected chi connectivity index (χ4v) is 1.60. The van der Waals surface area contributed by atoms with E-state index in [0.29, 0.717) is 5.56 Å². The van der Waals surface area contributed by atoms with Crippen molar-refractivity contribution in [3.8, 4) is 0 Å². The van der Waals surface area contributed by atoms with Crippen LogP contribution in [0.25, 0.3) is 0 Å². The van der Waals surface area contributed by atoms with Gasteiger partial charge < -0.3 is 20.6 Å². The summed E-state index contributed by atoms with van der Waals surface area (Å²) in [5, 5.41) is 31.1. The molecule has 16 heavy (non-hydrogen) atoms. The van der Waals surface area contributed by atoms with Gasteiger partial charge >= 0.3 is 0 Å². The molecule has 90 valence electrons. The Balaban J connectivity index is 2.74. The Bertz CT molecular complexity index is 317. The molecule has 0 fully saturated rings. The van der Waals surface area contributed by atoms with Gasteiger partial charge in [-0.25, -0.2) is 0 Å². The van der Waals surface area contributed by atoms with E-state index in [2.05, 4.69) is 5.32 Å². The molecule has 0 aliphatic heterocycles. The second-order valence-corrected chi connectivity index (χ2v) is 3.80. The van der Waals surface area contributed by atoms with Crippen molar-refractivity contribution in [2.75, 3.05) is 13.7 Å². The molecule has 4 N–H and O–H groups in total. The highest BCUT2D eigenvalue weighted by Gasteiger charge is 2.17. The molecule has 0 saturated carbocycles. The number of nitrogens with one attached hydrogen (secondary N) is 1. The summed E-state index contributed by atoms with van der Waals surface area (Å²) in [6.45, 7) is 0.588. The molecule has 0 aromatic heterocycles. The molecule has 1 aromatic rings. The van der Waals surface area contributed by atoms with Crippen molar-refractivity contribution >= 4 is 0 Å². The topological polar surface area (TPSA) is 72.7 Å². The lowest BCUT2D eigenvalue weighted by Gasteiger charge is -2.17. The number of rotatable bonds is 6. The van der Waals surface area contributed by atoms with Crippen molar-refractivity contribution in [1.29, 1.82) is 0 Å². The van der Waals surface area contributed by atoms with Gasteiger partial charge in [-0.05, 0) is 24.6 Å². The second-order valence-electron chi connectivity index (χ2n) is 3.80. The minimum atomic E-state index is -0.941. The minimum absolute atomic E-state index is 0.131. The summed E-state index contributed by atoms with van der Waals surface area (Å²) >= 11 is 0. The average Bonchev–Trinajstić information content (AvgIpc) is 2.29. The number of hydrogen-bond acceptors (Lipinski definition) is 4. The van der Waals surface area contributed by atoms with Gasteiger partial charge in [0.15, 0.2) is 0 Å². The van der Waals surface area contributed by atoms with Crippen LogP contribution in [0, 0.1) is 0 Å². The SMILES string of the molecule is CNCc1cccc(C(O)C(O)CCO)c1. The van der Waals surface area contributed by atoms with Crippen LogP contribution in [0.2, 0.25) is 0 Å².